The number of nitrogens with two attached hydrogens (primary N) is 1. The van der Waals surface area contributed by atoms with Crippen molar-refractivity contribution in [3.8, 4) is 11.4 Å². The summed E-state index contributed by atoms with van der Waals surface area (Å²) in [5.74, 6) is 0.764. The van der Waals surface area contributed by atoms with Gasteiger partial charge >= 0.3 is 0 Å². The molecule has 2 rings (SSSR count). The minimum atomic E-state index is 0.214. The lowest BCUT2D eigenvalue weighted by atomic mass is 10.1. The molecule has 17 heavy (non-hydrogen) atoms. The third-order valence-electron chi connectivity index (χ3n) is 2.61. The van der Waals surface area contributed by atoms with Crippen molar-refractivity contribution in [3.05, 3.63) is 41.1 Å². The Bertz CT molecular complexity index is 579. The highest BCUT2D eigenvalue weighted by atomic mass is 16.1. The number of aryl methyl sites for hydroxylation is 2. The van der Waals surface area contributed by atoms with Gasteiger partial charge in [-0.1, -0.05) is 17.7 Å². The minimum Gasteiger partial charge on any atom is -0.383 e. The Morgan fingerprint density at radius 2 is 2.06 bits per heavy atom. The highest BCUT2D eigenvalue weighted by molar-refractivity contribution is 5.81. The Morgan fingerprint density at radius 3 is 2.71 bits per heavy atom. The van der Waals surface area contributed by atoms with E-state index in [4.69, 9.17) is 5.73 Å². The van der Waals surface area contributed by atoms with E-state index in [0.29, 0.717) is 17.7 Å². The third kappa shape index (κ3) is 2.15. The molecule has 0 atom stereocenters. The molecule has 0 saturated heterocycles. The van der Waals surface area contributed by atoms with E-state index in [1.807, 2.05) is 32.0 Å². The molecule has 86 valence electrons. The second-order valence-electron chi connectivity index (χ2n) is 3.97. The molecule has 0 radical (unpaired) electrons. The molecule has 1 aromatic heterocycles. The lowest BCUT2D eigenvalue weighted by Crippen LogP contribution is -2.01. The average Bonchev–Trinajstić information content (AvgIpc) is 2.32. The van der Waals surface area contributed by atoms with E-state index in [9.17, 15) is 4.79 Å². The van der Waals surface area contributed by atoms with Crippen LogP contribution in [0, 0.1) is 13.8 Å². The summed E-state index contributed by atoms with van der Waals surface area (Å²) in [6.07, 6.45) is 2.11. The summed E-state index contributed by atoms with van der Waals surface area (Å²) >= 11 is 0. The van der Waals surface area contributed by atoms with Gasteiger partial charge in [0.25, 0.3) is 0 Å². The van der Waals surface area contributed by atoms with E-state index in [0.717, 1.165) is 16.7 Å². The van der Waals surface area contributed by atoms with Crippen molar-refractivity contribution >= 4 is 12.1 Å². The average molecular weight is 227 g/mol. The molecule has 4 nitrogen and oxygen atoms in total. The Morgan fingerprint density at radius 1 is 1.29 bits per heavy atom. The van der Waals surface area contributed by atoms with Crippen LogP contribution in [0.4, 0.5) is 5.82 Å². The number of nitrogens with zero attached hydrogens (tertiary/aromatic N) is 2. The number of anilines is 1. The summed E-state index contributed by atoms with van der Waals surface area (Å²) < 4.78 is 0. The van der Waals surface area contributed by atoms with E-state index in [2.05, 4.69) is 9.97 Å². The standard InChI is InChI=1S/C13H13N3O/c1-8-3-4-9(2)11(5-8)13-15-6-10(7-17)12(14)16-13/h3-7H,1-2H3,(H2,14,15,16). The summed E-state index contributed by atoms with van der Waals surface area (Å²) in [6, 6.07) is 6.05. The predicted molar refractivity (Wildman–Crippen MR) is 66.7 cm³/mol. The molecule has 2 N–H and O–H groups in total. The summed E-state index contributed by atoms with van der Waals surface area (Å²) in [5.41, 5.74) is 9.14. The molecular weight excluding hydrogens is 214 g/mol. The van der Waals surface area contributed by atoms with Crippen LogP contribution in [0.15, 0.2) is 24.4 Å². The molecule has 1 aromatic carbocycles. The van der Waals surface area contributed by atoms with Crippen LogP contribution in [0.3, 0.4) is 0 Å². The van der Waals surface area contributed by atoms with Gasteiger partial charge in [-0.3, -0.25) is 4.79 Å². The van der Waals surface area contributed by atoms with Crippen LogP contribution >= 0.6 is 0 Å². The molecule has 1 heterocycles. The molecule has 4 heteroatoms. The Balaban J connectivity index is 2.57. The summed E-state index contributed by atoms with van der Waals surface area (Å²) in [7, 11) is 0. The maximum atomic E-state index is 10.6. The van der Waals surface area contributed by atoms with Crippen LogP contribution in [0.5, 0.6) is 0 Å². The van der Waals surface area contributed by atoms with E-state index in [1.165, 1.54) is 6.20 Å². The zero-order valence-corrected chi connectivity index (χ0v) is 9.77. The predicted octanol–water partition coefficient (Wildman–Crippen LogP) is 2.16. The SMILES string of the molecule is Cc1ccc(C)c(-c2ncc(C=O)c(N)n2)c1. The van der Waals surface area contributed by atoms with Crippen molar-refractivity contribution in [2.45, 2.75) is 13.8 Å². The molecule has 0 saturated carbocycles. The minimum absolute atomic E-state index is 0.214. The number of hydrogen-bond acceptors (Lipinski definition) is 4. The first-order valence-electron chi connectivity index (χ1n) is 5.27. The monoisotopic (exact) mass is 227 g/mol. The van der Waals surface area contributed by atoms with Crippen molar-refractivity contribution < 1.29 is 4.79 Å². The van der Waals surface area contributed by atoms with Crippen LogP contribution < -0.4 is 5.73 Å². The Kier molecular flexibility index (Phi) is 2.87. The molecule has 0 bridgehead atoms. The zero-order valence-electron chi connectivity index (χ0n) is 9.77. The number of benzene rings is 1. The molecule has 0 unspecified atom stereocenters. The fourth-order valence-corrected chi connectivity index (χ4v) is 1.60. The second kappa shape index (κ2) is 4.33. The molecule has 0 aliphatic rings. The lowest BCUT2D eigenvalue weighted by molar-refractivity contribution is 0.112. The summed E-state index contributed by atoms with van der Waals surface area (Å²) in [5, 5.41) is 0. The van der Waals surface area contributed by atoms with Gasteiger partial charge in [-0.2, -0.15) is 0 Å². The van der Waals surface area contributed by atoms with Crippen molar-refractivity contribution in [1.29, 1.82) is 0 Å². The summed E-state index contributed by atoms with van der Waals surface area (Å²) in [6.45, 7) is 3.99. The van der Waals surface area contributed by atoms with Gasteiger partial charge in [-0.25, -0.2) is 9.97 Å². The fraction of sp³-hybridized carbons (Fsp3) is 0.154. The van der Waals surface area contributed by atoms with Crippen LogP contribution in [-0.4, -0.2) is 16.3 Å². The smallest absolute Gasteiger partial charge is 0.161 e. The van der Waals surface area contributed by atoms with Crippen molar-refractivity contribution in [2.75, 3.05) is 5.73 Å². The topological polar surface area (TPSA) is 68.9 Å². The van der Waals surface area contributed by atoms with Gasteiger partial charge in [-0.15, -0.1) is 0 Å². The fourth-order valence-electron chi connectivity index (χ4n) is 1.60. The molecule has 0 aliphatic heterocycles. The number of hydrogen-bond donors (Lipinski definition) is 1. The number of aromatic nitrogens is 2. The van der Waals surface area contributed by atoms with Gasteiger partial charge in [0.1, 0.15) is 5.82 Å². The Hall–Kier alpha value is -2.23. The number of rotatable bonds is 2. The van der Waals surface area contributed by atoms with Crippen LogP contribution in [-0.2, 0) is 0 Å². The van der Waals surface area contributed by atoms with Crippen LogP contribution in [0.1, 0.15) is 21.5 Å². The number of carbonyl (C=O) groups is 1. The Labute approximate surface area is 99.5 Å². The van der Waals surface area contributed by atoms with Gasteiger partial charge < -0.3 is 5.73 Å². The molecular formula is C13H13N3O. The van der Waals surface area contributed by atoms with Crippen molar-refractivity contribution in [1.82, 2.24) is 9.97 Å². The number of nitrogen functional groups attached to an aromatic ring is 1. The lowest BCUT2D eigenvalue weighted by Gasteiger charge is -2.07. The quantitative estimate of drug-likeness (QED) is 0.798. The van der Waals surface area contributed by atoms with Crippen LogP contribution in [0.25, 0.3) is 11.4 Å². The first-order valence-corrected chi connectivity index (χ1v) is 5.27. The van der Waals surface area contributed by atoms with E-state index >= 15 is 0 Å². The van der Waals surface area contributed by atoms with E-state index in [-0.39, 0.29) is 5.82 Å². The van der Waals surface area contributed by atoms with E-state index < -0.39 is 0 Å². The number of aldehydes is 1. The zero-order chi connectivity index (χ0) is 12.4. The van der Waals surface area contributed by atoms with Gasteiger partial charge in [0.2, 0.25) is 0 Å². The molecule has 0 spiro atoms. The largest absolute Gasteiger partial charge is 0.383 e. The van der Waals surface area contributed by atoms with Gasteiger partial charge in [-0.05, 0) is 25.5 Å². The van der Waals surface area contributed by atoms with Crippen molar-refractivity contribution in [3.63, 3.8) is 0 Å². The highest BCUT2D eigenvalue weighted by Gasteiger charge is 2.08. The van der Waals surface area contributed by atoms with Crippen LogP contribution in [0.2, 0.25) is 0 Å². The molecule has 2 aromatic rings. The third-order valence-corrected chi connectivity index (χ3v) is 2.61. The second-order valence-corrected chi connectivity index (χ2v) is 3.97. The molecule has 0 aliphatic carbocycles. The van der Waals surface area contributed by atoms with Gasteiger partial charge in [0.05, 0.1) is 5.56 Å². The van der Waals surface area contributed by atoms with Gasteiger partial charge in [0, 0.05) is 11.8 Å². The maximum absolute atomic E-state index is 10.6. The van der Waals surface area contributed by atoms with Crippen molar-refractivity contribution in [2.24, 2.45) is 0 Å². The first kappa shape index (κ1) is 11.3. The maximum Gasteiger partial charge on any atom is 0.161 e. The van der Waals surface area contributed by atoms with Gasteiger partial charge in [0.15, 0.2) is 12.1 Å². The summed E-state index contributed by atoms with van der Waals surface area (Å²) in [4.78, 5) is 18.9. The first-order chi connectivity index (χ1) is 8.11. The van der Waals surface area contributed by atoms with E-state index in [1.54, 1.807) is 0 Å². The number of carbonyl (C=O) groups excluding carboxylic acids is 1. The molecule has 0 fully saturated rings. The highest BCUT2D eigenvalue weighted by Crippen LogP contribution is 2.22. The molecule has 0 amide bonds. The normalized spacial score (nSPS) is 10.2.